The number of nitrogens with one attached hydrogen (secondary N) is 1. The highest BCUT2D eigenvalue weighted by atomic mass is 16.1. The van der Waals surface area contributed by atoms with Gasteiger partial charge in [-0.05, 0) is 25.9 Å². The number of likely N-dealkylation sites (tertiary alicyclic amines) is 1. The molecule has 0 aliphatic carbocycles. The average molecular weight is 141 g/mol. The van der Waals surface area contributed by atoms with Gasteiger partial charge in [-0.3, -0.25) is 15.4 Å². The first-order chi connectivity index (χ1) is 4.79. The third-order valence-corrected chi connectivity index (χ3v) is 1.82. The predicted molar refractivity (Wildman–Crippen MR) is 38.4 cm³/mol. The molecule has 0 aromatic rings. The van der Waals surface area contributed by atoms with Crippen molar-refractivity contribution in [2.24, 2.45) is 0 Å². The zero-order valence-electron chi connectivity index (χ0n) is 6.10. The summed E-state index contributed by atoms with van der Waals surface area (Å²) in [5, 5.41) is 0. The summed E-state index contributed by atoms with van der Waals surface area (Å²) in [4.78, 5) is 12.4. The normalized spacial score (nSPS) is 20.8. The van der Waals surface area contributed by atoms with E-state index in [0.29, 0.717) is 6.54 Å². The van der Waals surface area contributed by atoms with Crippen molar-refractivity contribution in [2.75, 3.05) is 19.6 Å². The third-order valence-electron chi connectivity index (χ3n) is 1.82. The molecule has 0 saturated carbocycles. The summed E-state index contributed by atoms with van der Waals surface area (Å²) in [6.45, 7) is 2.34. The number of hydrogen-bond acceptors (Lipinski definition) is 2. The van der Waals surface area contributed by atoms with Crippen LogP contribution in [0.4, 0.5) is 0 Å². The van der Waals surface area contributed by atoms with Crippen molar-refractivity contribution < 1.29 is 4.79 Å². The van der Waals surface area contributed by atoms with Crippen molar-refractivity contribution in [3.05, 3.63) is 0 Å². The molecule has 3 nitrogen and oxygen atoms in total. The van der Waals surface area contributed by atoms with Crippen molar-refractivity contribution >= 4 is 5.91 Å². The van der Waals surface area contributed by atoms with Gasteiger partial charge in [0.05, 0.1) is 6.54 Å². The van der Waals surface area contributed by atoms with Crippen LogP contribution in [0, 0.1) is 0 Å². The Kier molecular flexibility index (Phi) is 2.68. The van der Waals surface area contributed by atoms with E-state index in [4.69, 9.17) is 5.73 Å². The first-order valence-corrected chi connectivity index (χ1v) is 3.76. The van der Waals surface area contributed by atoms with E-state index < -0.39 is 5.91 Å². The minimum atomic E-state index is -0.457. The second-order valence-electron chi connectivity index (χ2n) is 2.76. The molecule has 1 radical (unpaired) electrons. The van der Waals surface area contributed by atoms with Crippen LogP contribution in [0.5, 0.6) is 0 Å². The second-order valence-corrected chi connectivity index (χ2v) is 2.76. The molecule has 10 heavy (non-hydrogen) atoms. The Balaban J connectivity index is 2.19. The Hall–Kier alpha value is -0.570. The SMILES string of the molecule is [NH]C(=O)CN1CCCCC1. The molecule has 3 heteroatoms. The highest BCUT2D eigenvalue weighted by Crippen LogP contribution is 2.07. The van der Waals surface area contributed by atoms with Crippen LogP contribution < -0.4 is 5.73 Å². The summed E-state index contributed by atoms with van der Waals surface area (Å²) in [5.74, 6) is -0.457. The van der Waals surface area contributed by atoms with Gasteiger partial charge in [0, 0.05) is 0 Å². The van der Waals surface area contributed by atoms with E-state index in [9.17, 15) is 4.79 Å². The standard InChI is InChI=1S/C7H13N2O/c8-7(10)6-9-4-2-1-3-5-9/h8H,1-6H2. The zero-order chi connectivity index (χ0) is 7.40. The van der Waals surface area contributed by atoms with Gasteiger partial charge in [0.1, 0.15) is 0 Å². The number of hydrogen-bond donors (Lipinski definition) is 0. The maximum Gasteiger partial charge on any atom is 0.252 e. The monoisotopic (exact) mass is 141 g/mol. The number of amides is 1. The maximum atomic E-state index is 10.3. The molecule has 0 atom stereocenters. The van der Waals surface area contributed by atoms with Gasteiger partial charge in [-0.1, -0.05) is 6.42 Å². The molecule has 0 unspecified atom stereocenters. The lowest BCUT2D eigenvalue weighted by molar-refractivity contribution is -0.120. The Morgan fingerprint density at radius 2 is 1.90 bits per heavy atom. The first-order valence-electron chi connectivity index (χ1n) is 3.76. The van der Waals surface area contributed by atoms with Crippen molar-refractivity contribution in [1.29, 1.82) is 0 Å². The minimum Gasteiger partial charge on any atom is -0.294 e. The molecule has 1 heterocycles. The molecule has 0 bridgehead atoms. The highest BCUT2D eigenvalue weighted by Gasteiger charge is 2.11. The Labute approximate surface area is 61.2 Å². The molecular weight excluding hydrogens is 128 g/mol. The fraction of sp³-hybridized carbons (Fsp3) is 0.857. The molecule has 1 amide bonds. The van der Waals surface area contributed by atoms with Gasteiger partial charge in [0.2, 0.25) is 0 Å². The van der Waals surface area contributed by atoms with Gasteiger partial charge >= 0.3 is 0 Å². The van der Waals surface area contributed by atoms with Crippen LogP contribution in [0.1, 0.15) is 19.3 Å². The van der Waals surface area contributed by atoms with Crippen molar-refractivity contribution in [3.8, 4) is 0 Å². The summed E-state index contributed by atoms with van der Waals surface area (Å²) in [6, 6.07) is 0. The number of rotatable bonds is 2. The molecular formula is C7H13N2O. The topological polar surface area (TPSA) is 44.1 Å². The lowest BCUT2D eigenvalue weighted by Gasteiger charge is -2.24. The van der Waals surface area contributed by atoms with E-state index >= 15 is 0 Å². The van der Waals surface area contributed by atoms with Gasteiger partial charge in [-0.2, -0.15) is 0 Å². The molecule has 0 aromatic carbocycles. The highest BCUT2D eigenvalue weighted by molar-refractivity contribution is 5.75. The molecule has 1 aliphatic rings. The minimum absolute atomic E-state index is 0.333. The van der Waals surface area contributed by atoms with Crippen molar-refractivity contribution in [1.82, 2.24) is 10.6 Å². The lowest BCUT2D eigenvalue weighted by atomic mass is 10.1. The van der Waals surface area contributed by atoms with Gasteiger partial charge < -0.3 is 0 Å². The van der Waals surface area contributed by atoms with E-state index in [2.05, 4.69) is 4.90 Å². The largest absolute Gasteiger partial charge is 0.294 e. The third kappa shape index (κ3) is 2.35. The van der Waals surface area contributed by atoms with Crippen LogP contribution in [-0.4, -0.2) is 30.4 Å². The number of piperidine rings is 1. The van der Waals surface area contributed by atoms with Crippen LogP contribution >= 0.6 is 0 Å². The quantitative estimate of drug-likeness (QED) is 0.554. The lowest BCUT2D eigenvalue weighted by Crippen LogP contribution is -2.34. The van der Waals surface area contributed by atoms with Gasteiger partial charge in [-0.15, -0.1) is 0 Å². The summed E-state index contributed by atoms with van der Waals surface area (Å²) in [5.41, 5.74) is 6.73. The van der Waals surface area contributed by atoms with Crippen LogP contribution in [0.3, 0.4) is 0 Å². The summed E-state index contributed by atoms with van der Waals surface area (Å²) < 4.78 is 0. The van der Waals surface area contributed by atoms with E-state index in [-0.39, 0.29) is 0 Å². The number of carbonyl (C=O) groups is 1. The van der Waals surface area contributed by atoms with E-state index in [1.165, 1.54) is 19.3 Å². The number of nitrogens with zero attached hydrogens (tertiary/aromatic N) is 1. The number of carbonyl (C=O) groups excluding carboxylic acids is 1. The summed E-state index contributed by atoms with van der Waals surface area (Å²) in [6.07, 6.45) is 3.66. The molecule has 1 aliphatic heterocycles. The molecule has 1 fully saturated rings. The van der Waals surface area contributed by atoms with E-state index in [1.54, 1.807) is 0 Å². The fourth-order valence-electron chi connectivity index (χ4n) is 1.32. The van der Waals surface area contributed by atoms with Crippen LogP contribution in [0.15, 0.2) is 0 Å². The van der Waals surface area contributed by atoms with E-state index in [1.807, 2.05) is 0 Å². The van der Waals surface area contributed by atoms with Gasteiger partial charge in [0.25, 0.3) is 5.91 Å². The Morgan fingerprint density at radius 1 is 1.30 bits per heavy atom. The van der Waals surface area contributed by atoms with Crippen molar-refractivity contribution in [2.45, 2.75) is 19.3 Å². The molecule has 57 valence electrons. The van der Waals surface area contributed by atoms with Gasteiger partial charge in [-0.25, -0.2) is 0 Å². The van der Waals surface area contributed by atoms with E-state index in [0.717, 1.165) is 13.1 Å². The molecule has 0 spiro atoms. The van der Waals surface area contributed by atoms with Gasteiger partial charge in [0.15, 0.2) is 0 Å². The Morgan fingerprint density at radius 3 is 2.40 bits per heavy atom. The molecule has 1 N–H and O–H groups in total. The van der Waals surface area contributed by atoms with Crippen LogP contribution in [0.25, 0.3) is 0 Å². The van der Waals surface area contributed by atoms with Crippen LogP contribution in [-0.2, 0) is 4.79 Å². The zero-order valence-corrected chi connectivity index (χ0v) is 6.10. The predicted octanol–water partition coefficient (Wildman–Crippen LogP) is 0.282. The second kappa shape index (κ2) is 3.56. The molecule has 1 saturated heterocycles. The van der Waals surface area contributed by atoms with Crippen LogP contribution in [0.2, 0.25) is 0 Å². The summed E-state index contributed by atoms with van der Waals surface area (Å²) in [7, 11) is 0. The molecule has 1 rings (SSSR count). The smallest absolute Gasteiger partial charge is 0.252 e. The summed E-state index contributed by atoms with van der Waals surface area (Å²) >= 11 is 0. The average Bonchev–Trinajstić information content (AvgIpc) is 1.88. The van der Waals surface area contributed by atoms with Crippen molar-refractivity contribution in [3.63, 3.8) is 0 Å². The first kappa shape index (κ1) is 7.54. The molecule has 0 aromatic heterocycles. The maximum absolute atomic E-state index is 10.3. The Bertz CT molecular complexity index is 119. The fourth-order valence-corrected chi connectivity index (χ4v) is 1.32.